The average molecular weight is 547 g/mol. The fourth-order valence-electron chi connectivity index (χ4n) is 5.11. The smallest absolute Gasteiger partial charge is 0.312 e. The van der Waals surface area contributed by atoms with Gasteiger partial charge in [0.15, 0.2) is 0 Å². The first-order valence-electron chi connectivity index (χ1n) is 13.5. The van der Waals surface area contributed by atoms with Crippen LogP contribution in [0, 0.1) is 0 Å². The van der Waals surface area contributed by atoms with Gasteiger partial charge >= 0.3 is 5.97 Å². The molecular weight excluding hydrogens is 516 g/mol. The maximum atomic E-state index is 13.5. The Morgan fingerprint density at radius 2 is 1.69 bits per heavy atom. The van der Waals surface area contributed by atoms with Crippen molar-refractivity contribution >= 4 is 28.5 Å². The molecule has 39 heavy (non-hydrogen) atoms. The highest BCUT2D eigenvalue weighted by molar-refractivity contribution is 6.30. The molecule has 0 radical (unpaired) electrons. The molecule has 5 rings (SSSR count). The number of rotatable bonds is 10. The summed E-state index contributed by atoms with van der Waals surface area (Å²) in [6, 6.07) is 15.8. The van der Waals surface area contributed by atoms with Crippen LogP contribution in [0.2, 0.25) is 5.02 Å². The topological polar surface area (TPSA) is 86.0 Å². The summed E-state index contributed by atoms with van der Waals surface area (Å²) in [5.41, 5.74) is 2.15. The molecule has 1 N–H and O–H groups in total. The lowest BCUT2D eigenvalue weighted by atomic mass is 9.85. The molecule has 0 saturated heterocycles. The molecule has 0 unspecified atom stereocenters. The van der Waals surface area contributed by atoms with Crippen LogP contribution in [0.4, 0.5) is 0 Å². The van der Waals surface area contributed by atoms with E-state index in [1.54, 1.807) is 24.3 Å². The van der Waals surface area contributed by atoms with Gasteiger partial charge in [-0.3, -0.25) is 9.59 Å². The van der Waals surface area contributed by atoms with Crippen LogP contribution in [0.1, 0.15) is 68.9 Å². The van der Waals surface area contributed by atoms with Gasteiger partial charge in [0.1, 0.15) is 34.5 Å². The molecule has 0 fully saturated rings. The van der Waals surface area contributed by atoms with Gasteiger partial charge in [-0.05, 0) is 41.8 Å². The SMILES string of the molecule is CCCCCCCCOc1ccc([C@@H]2CC(=O)Oc3cc(O)c4c(=O)c(-c5ccc(Cl)cc5)coc4c32)cc1. The van der Waals surface area contributed by atoms with Crippen LogP contribution < -0.4 is 14.9 Å². The van der Waals surface area contributed by atoms with Crippen LogP contribution in [0.5, 0.6) is 17.2 Å². The van der Waals surface area contributed by atoms with Crippen molar-refractivity contribution in [3.05, 3.63) is 87.2 Å². The molecule has 0 aliphatic carbocycles. The van der Waals surface area contributed by atoms with Crippen LogP contribution >= 0.6 is 11.6 Å². The van der Waals surface area contributed by atoms with E-state index in [1.165, 1.54) is 38.0 Å². The van der Waals surface area contributed by atoms with Crippen LogP contribution in [0.15, 0.2) is 70.1 Å². The predicted molar refractivity (Wildman–Crippen MR) is 152 cm³/mol. The van der Waals surface area contributed by atoms with Crippen molar-refractivity contribution in [1.82, 2.24) is 0 Å². The molecule has 2 heterocycles. The average Bonchev–Trinajstić information content (AvgIpc) is 2.93. The fourth-order valence-corrected chi connectivity index (χ4v) is 5.24. The highest BCUT2D eigenvalue weighted by atomic mass is 35.5. The number of carbonyl (C=O) groups is 1. The molecule has 202 valence electrons. The van der Waals surface area contributed by atoms with E-state index in [9.17, 15) is 14.7 Å². The largest absolute Gasteiger partial charge is 0.507 e. The Hall–Kier alpha value is -3.77. The number of fused-ring (bicyclic) bond motifs is 3. The van der Waals surface area contributed by atoms with Crippen molar-refractivity contribution in [2.75, 3.05) is 6.61 Å². The fraction of sp³-hybridized carbons (Fsp3) is 0.312. The first-order valence-corrected chi connectivity index (χ1v) is 13.8. The number of hydrogen-bond donors (Lipinski definition) is 1. The molecular formula is C32H31ClO6. The minimum absolute atomic E-state index is 0.0445. The Morgan fingerprint density at radius 3 is 2.44 bits per heavy atom. The molecule has 1 aliphatic rings. The third-order valence-electron chi connectivity index (χ3n) is 7.17. The lowest BCUT2D eigenvalue weighted by Gasteiger charge is -2.26. The Morgan fingerprint density at radius 1 is 0.974 bits per heavy atom. The summed E-state index contributed by atoms with van der Waals surface area (Å²) in [4.78, 5) is 26.0. The van der Waals surface area contributed by atoms with Crippen molar-refractivity contribution in [2.45, 2.75) is 57.8 Å². The van der Waals surface area contributed by atoms with Gasteiger partial charge in [0.05, 0.1) is 18.6 Å². The first-order chi connectivity index (χ1) is 19.0. The molecule has 1 aromatic heterocycles. The number of unbranched alkanes of at least 4 members (excludes halogenated alkanes) is 5. The number of esters is 1. The van der Waals surface area contributed by atoms with E-state index in [4.69, 9.17) is 25.5 Å². The van der Waals surface area contributed by atoms with Crippen molar-refractivity contribution in [1.29, 1.82) is 0 Å². The van der Waals surface area contributed by atoms with Crippen molar-refractivity contribution in [3.63, 3.8) is 0 Å². The normalized spacial score (nSPS) is 14.7. The summed E-state index contributed by atoms with van der Waals surface area (Å²) in [6.45, 7) is 2.87. The summed E-state index contributed by atoms with van der Waals surface area (Å²) >= 11 is 6.00. The third-order valence-corrected chi connectivity index (χ3v) is 7.43. The molecule has 1 atom stereocenters. The van der Waals surface area contributed by atoms with Crippen LogP contribution in [0.3, 0.4) is 0 Å². The Balaban J connectivity index is 1.43. The lowest BCUT2D eigenvalue weighted by Crippen LogP contribution is -2.22. The minimum atomic E-state index is -0.421. The molecule has 3 aromatic carbocycles. The van der Waals surface area contributed by atoms with Crippen LogP contribution in [-0.4, -0.2) is 17.7 Å². The summed E-state index contributed by atoms with van der Waals surface area (Å²) in [5, 5.41) is 11.4. The quantitative estimate of drug-likeness (QED) is 0.123. The Bertz CT molecular complexity index is 1520. The van der Waals surface area contributed by atoms with E-state index in [0.717, 1.165) is 24.2 Å². The second kappa shape index (κ2) is 12.0. The maximum absolute atomic E-state index is 13.5. The molecule has 7 heteroatoms. The molecule has 0 saturated carbocycles. The summed E-state index contributed by atoms with van der Waals surface area (Å²) < 4.78 is 17.4. The molecule has 0 spiro atoms. The van der Waals surface area contributed by atoms with Crippen LogP contribution in [0.25, 0.3) is 22.1 Å². The monoisotopic (exact) mass is 546 g/mol. The van der Waals surface area contributed by atoms with Gasteiger partial charge in [0.25, 0.3) is 0 Å². The van der Waals surface area contributed by atoms with E-state index >= 15 is 0 Å². The van der Waals surface area contributed by atoms with Crippen LogP contribution in [-0.2, 0) is 4.79 Å². The Kier molecular flexibility index (Phi) is 8.22. The summed E-state index contributed by atoms with van der Waals surface area (Å²) in [6.07, 6.45) is 8.64. The molecule has 0 amide bonds. The molecule has 4 aromatic rings. The van der Waals surface area contributed by atoms with E-state index < -0.39 is 11.9 Å². The number of hydrogen-bond acceptors (Lipinski definition) is 6. The van der Waals surface area contributed by atoms with E-state index in [-0.39, 0.29) is 34.3 Å². The van der Waals surface area contributed by atoms with Gasteiger partial charge in [0, 0.05) is 22.6 Å². The van der Waals surface area contributed by atoms with E-state index in [0.29, 0.717) is 28.3 Å². The van der Waals surface area contributed by atoms with Gasteiger partial charge in [-0.25, -0.2) is 0 Å². The standard InChI is InChI=1S/C32H31ClO6/c1-2-3-4-5-6-7-16-37-23-14-10-20(11-15-23)24-17-28(35)39-27-18-26(34)30-31(36)25(19-38-32(30)29(24)27)21-8-12-22(33)13-9-21/h8-15,18-19,24,34H,2-7,16-17H2,1H3/t24-/m0/s1. The minimum Gasteiger partial charge on any atom is -0.507 e. The molecule has 6 nitrogen and oxygen atoms in total. The number of carbonyl (C=O) groups excluding carboxylic acids is 1. The third kappa shape index (κ3) is 5.81. The van der Waals surface area contributed by atoms with Gasteiger partial charge < -0.3 is 19.0 Å². The number of phenols is 1. The summed E-state index contributed by atoms with van der Waals surface area (Å²) in [5.74, 6) is -0.191. The molecule has 0 bridgehead atoms. The van der Waals surface area contributed by atoms with Crippen molar-refractivity contribution in [2.24, 2.45) is 0 Å². The number of aromatic hydroxyl groups is 1. The van der Waals surface area contributed by atoms with E-state index in [2.05, 4.69) is 6.92 Å². The number of ether oxygens (including phenoxy) is 2. The zero-order chi connectivity index (χ0) is 27.4. The van der Waals surface area contributed by atoms with Crippen molar-refractivity contribution < 1.29 is 23.8 Å². The first kappa shape index (κ1) is 26.8. The van der Waals surface area contributed by atoms with Crippen molar-refractivity contribution in [3.8, 4) is 28.4 Å². The van der Waals surface area contributed by atoms with Gasteiger partial charge in [-0.2, -0.15) is 0 Å². The second-order valence-corrected chi connectivity index (χ2v) is 10.3. The number of benzene rings is 3. The Labute approximate surface area is 232 Å². The summed E-state index contributed by atoms with van der Waals surface area (Å²) in [7, 11) is 0. The van der Waals surface area contributed by atoms with Gasteiger partial charge in [-0.1, -0.05) is 74.9 Å². The van der Waals surface area contributed by atoms with Gasteiger partial charge in [0.2, 0.25) is 5.43 Å². The van der Waals surface area contributed by atoms with Gasteiger partial charge in [-0.15, -0.1) is 0 Å². The zero-order valence-corrected chi connectivity index (χ0v) is 22.6. The van der Waals surface area contributed by atoms with E-state index in [1.807, 2.05) is 24.3 Å². The maximum Gasteiger partial charge on any atom is 0.312 e. The highest BCUT2D eigenvalue weighted by Crippen LogP contribution is 2.45. The second-order valence-electron chi connectivity index (χ2n) is 9.91. The zero-order valence-electron chi connectivity index (χ0n) is 21.9. The predicted octanol–water partition coefficient (Wildman–Crippen LogP) is 8.00. The highest BCUT2D eigenvalue weighted by Gasteiger charge is 2.33. The lowest BCUT2D eigenvalue weighted by molar-refractivity contribution is -0.135. The molecule has 1 aliphatic heterocycles. The number of halogens is 1. The number of phenolic OH excluding ortho intramolecular Hbond substituents is 1.